The first-order valence-electron chi connectivity index (χ1n) is 6.38. The zero-order chi connectivity index (χ0) is 12.8. The van der Waals surface area contributed by atoms with E-state index < -0.39 is 0 Å². The monoisotopic (exact) mass is 285 g/mol. The fourth-order valence-electron chi connectivity index (χ4n) is 1.67. The quantitative estimate of drug-likeness (QED) is 0.589. The number of ether oxygens (including phenoxy) is 1. The van der Waals surface area contributed by atoms with Crippen LogP contribution in [-0.4, -0.2) is 30.4 Å². The van der Waals surface area contributed by atoms with Gasteiger partial charge in [0.2, 0.25) is 0 Å². The Bertz CT molecular complexity index is 363. The van der Waals surface area contributed by atoms with Crippen LogP contribution >= 0.6 is 23.1 Å². The Labute approximate surface area is 116 Å². The van der Waals surface area contributed by atoms with E-state index in [4.69, 9.17) is 4.74 Å². The number of thiophene rings is 1. The molecular formula is C13H19NO2S2. The molecule has 1 heterocycles. The molecule has 1 atom stereocenters. The van der Waals surface area contributed by atoms with Crippen LogP contribution in [0.2, 0.25) is 0 Å². The van der Waals surface area contributed by atoms with Gasteiger partial charge in [-0.25, -0.2) is 0 Å². The number of esters is 1. The van der Waals surface area contributed by atoms with E-state index in [0.717, 1.165) is 12.2 Å². The lowest BCUT2D eigenvalue weighted by Gasteiger charge is -2.16. The Hall–Kier alpha value is -0.520. The second-order valence-corrected chi connectivity index (χ2v) is 6.66. The molecule has 0 saturated heterocycles. The van der Waals surface area contributed by atoms with Crippen LogP contribution in [0.15, 0.2) is 21.7 Å². The highest BCUT2D eigenvalue weighted by molar-refractivity contribution is 8.01. The fourth-order valence-corrected chi connectivity index (χ4v) is 3.54. The van der Waals surface area contributed by atoms with Gasteiger partial charge in [0.1, 0.15) is 6.04 Å². The Morgan fingerprint density at radius 2 is 2.50 bits per heavy atom. The summed E-state index contributed by atoms with van der Waals surface area (Å²) in [6, 6.07) is 4.57. The predicted molar refractivity (Wildman–Crippen MR) is 76.2 cm³/mol. The minimum Gasteiger partial charge on any atom is -0.465 e. The standard InChI is InChI=1S/C13H19NO2S2/c1-2-16-13(15)11(14-10-5-6-10)7-9-18-12-4-3-8-17-12/h3-4,8,10-11,14H,2,5-7,9H2,1H3. The van der Waals surface area contributed by atoms with E-state index in [9.17, 15) is 4.79 Å². The molecule has 0 radical (unpaired) electrons. The van der Waals surface area contributed by atoms with Crippen molar-refractivity contribution < 1.29 is 9.53 Å². The molecule has 1 aromatic heterocycles. The fraction of sp³-hybridized carbons (Fsp3) is 0.615. The summed E-state index contributed by atoms with van der Waals surface area (Å²) in [6.45, 7) is 2.31. The maximum absolute atomic E-state index is 11.8. The third-order valence-electron chi connectivity index (χ3n) is 2.73. The molecule has 1 saturated carbocycles. The lowest BCUT2D eigenvalue weighted by Crippen LogP contribution is -2.39. The molecule has 1 fully saturated rings. The average Bonchev–Trinajstić information content (AvgIpc) is 3.02. The lowest BCUT2D eigenvalue weighted by molar-refractivity contribution is -0.145. The van der Waals surface area contributed by atoms with Gasteiger partial charge in [0.05, 0.1) is 10.8 Å². The first kappa shape index (κ1) is 13.9. The summed E-state index contributed by atoms with van der Waals surface area (Å²) >= 11 is 3.56. The van der Waals surface area contributed by atoms with E-state index in [0.29, 0.717) is 12.6 Å². The van der Waals surface area contributed by atoms with Crippen molar-refractivity contribution in [1.82, 2.24) is 5.32 Å². The molecule has 1 aliphatic rings. The highest BCUT2D eigenvalue weighted by Gasteiger charge is 2.28. The van der Waals surface area contributed by atoms with Crippen LogP contribution in [-0.2, 0) is 9.53 Å². The van der Waals surface area contributed by atoms with Crippen molar-refractivity contribution >= 4 is 29.1 Å². The smallest absolute Gasteiger partial charge is 0.323 e. The minimum absolute atomic E-state index is 0.101. The maximum atomic E-state index is 11.8. The minimum atomic E-state index is -0.134. The van der Waals surface area contributed by atoms with Gasteiger partial charge in [-0.2, -0.15) is 0 Å². The second kappa shape index (κ2) is 7.16. The molecule has 100 valence electrons. The van der Waals surface area contributed by atoms with Crippen LogP contribution in [0.25, 0.3) is 0 Å². The van der Waals surface area contributed by atoms with Crippen molar-refractivity contribution in [3.8, 4) is 0 Å². The van der Waals surface area contributed by atoms with Gasteiger partial charge >= 0.3 is 5.97 Å². The number of carbonyl (C=O) groups excluding carboxylic acids is 1. The summed E-state index contributed by atoms with van der Waals surface area (Å²) in [5, 5.41) is 5.45. The Balaban J connectivity index is 1.74. The van der Waals surface area contributed by atoms with Crippen LogP contribution in [0, 0.1) is 0 Å². The van der Waals surface area contributed by atoms with E-state index >= 15 is 0 Å². The maximum Gasteiger partial charge on any atom is 0.323 e. The van der Waals surface area contributed by atoms with Crippen LogP contribution in [0.4, 0.5) is 0 Å². The summed E-state index contributed by atoms with van der Waals surface area (Å²) in [4.78, 5) is 11.8. The molecule has 0 aliphatic heterocycles. The second-order valence-electron chi connectivity index (χ2n) is 4.31. The zero-order valence-electron chi connectivity index (χ0n) is 10.6. The summed E-state index contributed by atoms with van der Waals surface area (Å²) in [5.74, 6) is 0.847. The Kier molecular flexibility index (Phi) is 5.53. The molecule has 2 rings (SSSR count). The van der Waals surface area contributed by atoms with E-state index in [1.165, 1.54) is 17.1 Å². The van der Waals surface area contributed by atoms with Gasteiger partial charge in [-0.05, 0) is 37.6 Å². The van der Waals surface area contributed by atoms with Crippen LogP contribution in [0.1, 0.15) is 26.2 Å². The molecule has 5 heteroatoms. The molecule has 0 bridgehead atoms. The normalized spacial score (nSPS) is 16.5. The SMILES string of the molecule is CCOC(=O)C(CCSc1cccs1)NC1CC1. The summed E-state index contributed by atoms with van der Waals surface area (Å²) in [6.07, 6.45) is 3.21. The molecule has 1 N–H and O–H groups in total. The van der Waals surface area contributed by atoms with Gasteiger partial charge in [0.15, 0.2) is 0 Å². The zero-order valence-corrected chi connectivity index (χ0v) is 12.2. The number of carbonyl (C=O) groups is 1. The van der Waals surface area contributed by atoms with E-state index in [-0.39, 0.29) is 12.0 Å². The van der Waals surface area contributed by atoms with E-state index in [2.05, 4.69) is 22.8 Å². The summed E-state index contributed by atoms with van der Waals surface area (Å²) in [5.41, 5.74) is 0. The van der Waals surface area contributed by atoms with Crippen LogP contribution in [0.5, 0.6) is 0 Å². The molecule has 3 nitrogen and oxygen atoms in total. The third kappa shape index (κ3) is 4.63. The number of hydrogen-bond donors (Lipinski definition) is 1. The van der Waals surface area contributed by atoms with Crippen molar-refractivity contribution in [3.63, 3.8) is 0 Å². The highest BCUT2D eigenvalue weighted by Crippen LogP contribution is 2.25. The van der Waals surface area contributed by atoms with Crippen LogP contribution in [0.3, 0.4) is 0 Å². The number of hydrogen-bond acceptors (Lipinski definition) is 5. The average molecular weight is 285 g/mol. The van der Waals surface area contributed by atoms with Gasteiger partial charge in [0, 0.05) is 11.8 Å². The van der Waals surface area contributed by atoms with Crippen molar-refractivity contribution in [2.75, 3.05) is 12.4 Å². The van der Waals surface area contributed by atoms with E-state index in [1.807, 2.05) is 18.7 Å². The summed E-state index contributed by atoms with van der Waals surface area (Å²) in [7, 11) is 0. The van der Waals surface area contributed by atoms with Gasteiger partial charge in [-0.3, -0.25) is 4.79 Å². The van der Waals surface area contributed by atoms with Gasteiger partial charge in [-0.15, -0.1) is 23.1 Å². The third-order valence-corrected chi connectivity index (χ3v) is 4.90. The van der Waals surface area contributed by atoms with Gasteiger partial charge in [-0.1, -0.05) is 6.07 Å². The molecular weight excluding hydrogens is 266 g/mol. The molecule has 0 spiro atoms. The Morgan fingerprint density at radius 1 is 1.67 bits per heavy atom. The molecule has 0 amide bonds. The van der Waals surface area contributed by atoms with Crippen molar-refractivity contribution in [1.29, 1.82) is 0 Å². The summed E-state index contributed by atoms with van der Waals surface area (Å²) < 4.78 is 6.42. The molecule has 18 heavy (non-hydrogen) atoms. The number of thioether (sulfide) groups is 1. The Morgan fingerprint density at radius 3 is 3.11 bits per heavy atom. The van der Waals surface area contributed by atoms with Crippen LogP contribution < -0.4 is 5.32 Å². The first-order valence-corrected chi connectivity index (χ1v) is 8.25. The van der Waals surface area contributed by atoms with E-state index in [1.54, 1.807) is 11.3 Å². The highest BCUT2D eigenvalue weighted by atomic mass is 32.2. The lowest BCUT2D eigenvalue weighted by atomic mass is 10.2. The number of rotatable bonds is 8. The number of nitrogens with one attached hydrogen (secondary N) is 1. The van der Waals surface area contributed by atoms with Crippen molar-refractivity contribution in [2.45, 2.75) is 42.5 Å². The largest absolute Gasteiger partial charge is 0.465 e. The van der Waals surface area contributed by atoms with Crippen molar-refractivity contribution in [2.24, 2.45) is 0 Å². The molecule has 1 aromatic rings. The van der Waals surface area contributed by atoms with Gasteiger partial charge in [0.25, 0.3) is 0 Å². The van der Waals surface area contributed by atoms with Gasteiger partial charge < -0.3 is 10.1 Å². The first-order chi connectivity index (χ1) is 8.79. The van der Waals surface area contributed by atoms with Crippen molar-refractivity contribution in [3.05, 3.63) is 17.5 Å². The molecule has 1 aliphatic carbocycles. The topological polar surface area (TPSA) is 38.3 Å². The predicted octanol–water partition coefficient (Wildman–Crippen LogP) is 2.91. The molecule has 0 aromatic carbocycles. The molecule has 1 unspecified atom stereocenters.